The van der Waals surface area contributed by atoms with Gasteiger partial charge in [0.15, 0.2) is 0 Å². The molecule has 0 saturated carbocycles. The maximum absolute atomic E-state index is 8.68. The summed E-state index contributed by atoms with van der Waals surface area (Å²) in [6, 6.07) is 0.666. The molecule has 0 aliphatic carbocycles. The van der Waals surface area contributed by atoms with E-state index in [0.29, 0.717) is 12.6 Å². The van der Waals surface area contributed by atoms with Crippen LogP contribution < -0.4 is 5.73 Å². The molecule has 0 amide bonds. The third-order valence-corrected chi connectivity index (χ3v) is 2.80. The zero-order chi connectivity index (χ0) is 10.6. The first kappa shape index (κ1) is 11.9. The summed E-state index contributed by atoms with van der Waals surface area (Å²) in [5, 5.41) is 8.68. The van der Waals surface area contributed by atoms with E-state index in [9.17, 15) is 0 Å². The number of piperidine rings is 1. The highest BCUT2D eigenvalue weighted by molar-refractivity contribution is 4.85. The van der Waals surface area contributed by atoms with Crippen LogP contribution in [0.2, 0.25) is 0 Å². The van der Waals surface area contributed by atoms with Crippen LogP contribution in [0.1, 0.15) is 20.3 Å². The van der Waals surface area contributed by atoms with Gasteiger partial charge >= 0.3 is 0 Å². The molecule has 2 atom stereocenters. The van der Waals surface area contributed by atoms with Crippen LogP contribution >= 0.6 is 0 Å². The number of hydrogen-bond donors (Lipinski definition) is 2. The van der Waals surface area contributed by atoms with E-state index in [0.717, 1.165) is 19.5 Å². The van der Waals surface area contributed by atoms with Crippen molar-refractivity contribution in [2.24, 2.45) is 5.73 Å². The number of hydrogen-bond acceptors (Lipinski definition) is 4. The monoisotopic (exact) mass is 202 g/mol. The average molecular weight is 202 g/mol. The second-order valence-electron chi connectivity index (χ2n) is 4.17. The SMILES string of the molecule is CC(C)N1CCC(N)C(OCCO)C1. The Morgan fingerprint density at radius 2 is 2.29 bits per heavy atom. The summed E-state index contributed by atoms with van der Waals surface area (Å²) < 4.78 is 5.51. The molecule has 2 unspecified atom stereocenters. The molecule has 0 radical (unpaired) electrons. The number of ether oxygens (including phenoxy) is 1. The number of likely N-dealkylation sites (tertiary alicyclic amines) is 1. The lowest BCUT2D eigenvalue weighted by Gasteiger charge is -2.38. The molecule has 0 aromatic heterocycles. The van der Waals surface area contributed by atoms with E-state index >= 15 is 0 Å². The predicted octanol–water partition coefficient (Wildman–Crippen LogP) is -0.195. The van der Waals surface area contributed by atoms with Gasteiger partial charge in [-0.25, -0.2) is 0 Å². The van der Waals surface area contributed by atoms with Crippen LogP contribution in [-0.2, 0) is 4.74 Å². The van der Waals surface area contributed by atoms with Gasteiger partial charge in [0.1, 0.15) is 0 Å². The molecule has 14 heavy (non-hydrogen) atoms. The Morgan fingerprint density at radius 1 is 1.57 bits per heavy atom. The summed E-state index contributed by atoms with van der Waals surface area (Å²) in [6.45, 7) is 6.77. The van der Waals surface area contributed by atoms with E-state index in [-0.39, 0.29) is 18.8 Å². The molecule has 1 saturated heterocycles. The van der Waals surface area contributed by atoms with Crippen LogP contribution in [0.3, 0.4) is 0 Å². The summed E-state index contributed by atoms with van der Waals surface area (Å²) in [5.74, 6) is 0. The zero-order valence-electron chi connectivity index (χ0n) is 9.15. The lowest BCUT2D eigenvalue weighted by atomic mass is 10.0. The maximum atomic E-state index is 8.68. The first-order valence-corrected chi connectivity index (χ1v) is 5.37. The van der Waals surface area contributed by atoms with Crippen LogP contribution in [0, 0.1) is 0 Å². The first-order valence-electron chi connectivity index (χ1n) is 5.37. The average Bonchev–Trinajstić information content (AvgIpc) is 2.16. The van der Waals surface area contributed by atoms with Crippen LogP contribution in [-0.4, -0.2) is 54.5 Å². The summed E-state index contributed by atoms with van der Waals surface area (Å²) in [6.07, 6.45) is 1.06. The standard InChI is InChI=1S/C10H22N2O2/c1-8(2)12-4-3-9(11)10(7-12)14-6-5-13/h8-10,13H,3-7,11H2,1-2H3. The Labute approximate surface area is 86.0 Å². The smallest absolute Gasteiger partial charge is 0.0854 e. The van der Waals surface area contributed by atoms with Gasteiger partial charge in [0.05, 0.1) is 19.3 Å². The van der Waals surface area contributed by atoms with E-state index < -0.39 is 0 Å². The molecule has 3 N–H and O–H groups in total. The van der Waals surface area contributed by atoms with Gasteiger partial charge in [0.25, 0.3) is 0 Å². The van der Waals surface area contributed by atoms with E-state index in [1.807, 2.05) is 0 Å². The third kappa shape index (κ3) is 3.20. The van der Waals surface area contributed by atoms with Crippen molar-refractivity contribution in [1.29, 1.82) is 0 Å². The molecule has 0 bridgehead atoms. The molecule has 0 aromatic rings. The minimum atomic E-state index is 0.0743. The maximum Gasteiger partial charge on any atom is 0.0854 e. The summed E-state index contributed by atoms with van der Waals surface area (Å²) >= 11 is 0. The molecule has 4 heteroatoms. The molecular weight excluding hydrogens is 180 g/mol. The number of aliphatic hydroxyl groups is 1. The highest BCUT2D eigenvalue weighted by Gasteiger charge is 2.28. The lowest BCUT2D eigenvalue weighted by molar-refractivity contribution is -0.0321. The van der Waals surface area contributed by atoms with Crippen molar-refractivity contribution >= 4 is 0 Å². The van der Waals surface area contributed by atoms with Crippen molar-refractivity contribution in [2.45, 2.75) is 38.5 Å². The fourth-order valence-corrected chi connectivity index (χ4v) is 1.81. The fraction of sp³-hybridized carbons (Fsp3) is 1.00. The van der Waals surface area contributed by atoms with Gasteiger partial charge in [-0.2, -0.15) is 0 Å². The first-order chi connectivity index (χ1) is 6.65. The molecule has 0 aromatic carbocycles. The molecule has 1 heterocycles. The van der Waals surface area contributed by atoms with Crippen molar-refractivity contribution in [3.8, 4) is 0 Å². The number of nitrogens with zero attached hydrogens (tertiary/aromatic N) is 1. The van der Waals surface area contributed by atoms with Gasteiger partial charge in [-0.05, 0) is 20.3 Å². The Hall–Kier alpha value is -0.160. The van der Waals surface area contributed by atoms with Gasteiger partial charge in [0, 0.05) is 25.2 Å². The van der Waals surface area contributed by atoms with E-state index in [4.69, 9.17) is 15.6 Å². The van der Waals surface area contributed by atoms with Crippen molar-refractivity contribution in [3.05, 3.63) is 0 Å². The topological polar surface area (TPSA) is 58.7 Å². The van der Waals surface area contributed by atoms with Crippen molar-refractivity contribution < 1.29 is 9.84 Å². The van der Waals surface area contributed by atoms with Crippen LogP contribution in [0.5, 0.6) is 0 Å². The number of nitrogens with two attached hydrogens (primary N) is 1. The van der Waals surface area contributed by atoms with Gasteiger partial charge < -0.3 is 15.6 Å². The molecule has 0 spiro atoms. The van der Waals surface area contributed by atoms with Crippen LogP contribution in [0.25, 0.3) is 0 Å². The number of rotatable bonds is 4. The summed E-state index contributed by atoms with van der Waals surface area (Å²) in [5.41, 5.74) is 5.95. The predicted molar refractivity (Wildman–Crippen MR) is 56.1 cm³/mol. The van der Waals surface area contributed by atoms with Crippen LogP contribution in [0.15, 0.2) is 0 Å². The molecule has 4 nitrogen and oxygen atoms in total. The summed E-state index contributed by atoms with van der Waals surface area (Å²) in [7, 11) is 0. The van der Waals surface area contributed by atoms with Crippen molar-refractivity contribution in [3.63, 3.8) is 0 Å². The Morgan fingerprint density at radius 3 is 2.86 bits per heavy atom. The lowest BCUT2D eigenvalue weighted by Crippen LogP contribution is -2.53. The van der Waals surface area contributed by atoms with Gasteiger partial charge in [-0.3, -0.25) is 4.90 Å². The third-order valence-electron chi connectivity index (χ3n) is 2.80. The zero-order valence-corrected chi connectivity index (χ0v) is 9.15. The largest absolute Gasteiger partial charge is 0.394 e. The van der Waals surface area contributed by atoms with E-state index in [1.54, 1.807) is 0 Å². The molecule has 84 valence electrons. The van der Waals surface area contributed by atoms with Crippen LogP contribution in [0.4, 0.5) is 0 Å². The Balaban J connectivity index is 2.38. The molecular formula is C10H22N2O2. The van der Waals surface area contributed by atoms with Gasteiger partial charge in [-0.1, -0.05) is 0 Å². The van der Waals surface area contributed by atoms with Gasteiger partial charge in [0.2, 0.25) is 0 Å². The molecule has 1 rings (SSSR count). The molecule has 1 aliphatic heterocycles. The second-order valence-corrected chi connectivity index (χ2v) is 4.17. The minimum Gasteiger partial charge on any atom is -0.394 e. The van der Waals surface area contributed by atoms with E-state index in [1.165, 1.54) is 0 Å². The highest BCUT2D eigenvalue weighted by Crippen LogP contribution is 2.14. The van der Waals surface area contributed by atoms with Crippen molar-refractivity contribution in [1.82, 2.24) is 4.90 Å². The normalized spacial score (nSPS) is 29.8. The minimum absolute atomic E-state index is 0.0743. The van der Waals surface area contributed by atoms with Gasteiger partial charge in [-0.15, -0.1) is 0 Å². The molecule has 1 aliphatic rings. The second kappa shape index (κ2) is 5.66. The number of aliphatic hydroxyl groups excluding tert-OH is 1. The Bertz CT molecular complexity index is 164. The Kier molecular flexibility index (Phi) is 4.81. The molecule has 1 fully saturated rings. The highest BCUT2D eigenvalue weighted by atomic mass is 16.5. The quantitative estimate of drug-likeness (QED) is 0.663. The van der Waals surface area contributed by atoms with Crippen molar-refractivity contribution in [2.75, 3.05) is 26.3 Å². The summed E-state index contributed by atoms with van der Waals surface area (Å²) in [4.78, 5) is 2.37. The fourth-order valence-electron chi connectivity index (χ4n) is 1.81. The van der Waals surface area contributed by atoms with E-state index in [2.05, 4.69) is 18.7 Å².